The molecule has 0 aromatic heterocycles. The van der Waals surface area contributed by atoms with Crippen molar-refractivity contribution in [3.05, 3.63) is 24.3 Å². The molecule has 0 unspecified atom stereocenters. The zero-order valence-corrected chi connectivity index (χ0v) is 6.99. The van der Waals surface area contributed by atoms with Crippen LogP contribution in [0.1, 0.15) is 0 Å². The van der Waals surface area contributed by atoms with Crippen LogP contribution in [0.15, 0.2) is 24.3 Å². The number of para-hydroxylation sites is 1. The minimum Gasteiger partial charge on any atom is -0.454 e. The normalized spacial score (nSPS) is 9.17. The van der Waals surface area contributed by atoms with E-state index in [2.05, 4.69) is 12.2 Å². The lowest BCUT2D eigenvalue weighted by atomic mass is 9.80. The zero-order valence-electron chi connectivity index (χ0n) is 6.18. The minimum atomic E-state index is -1.53. The molecule has 1 aromatic rings. The molecule has 0 atom stereocenters. The van der Waals surface area contributed by atoms with Crippen molar-refractivity contribution in [1.29, 1.82) is 0 Å². The van der Waals surface area contributed by atoms with Crippen molar-refractivity contribution in [3.8, 4) is 5.75 Å². The molecule has 0 saturated heterocycles. The average molecular weight is 182 g/mol. The molecule has 3 nitrogen and oxygen atoms in total. The molecule has 1 rings (SSSR count). The summed E-state index contributed by atoms with van der Waals surface area (Å²) in [4.78, 5) is 0. The third-order valence-corrected chi connectivity index (χ3v) is 1.47. The maximum atomic E-state index is 8.86. The van der Waals surface area contributed by atoms with Crippen LogP contribution in [-0.2, 0) is 0 Å². The highest BCUT2D eigenvalue weighted by Crippen LogP contribution is 2.05. The van der Waals surface area contributed by atoms with Gasteiger partial charge in [-0.1, -0.05) is 18.2 Å². The van der Waals surface area contributed by atoms with Gasteiger partial charge in [-0.05, 0) is 18.3 Å². The second-order valence-electron chi connectivity index (χ2n) is 2.13. The summed E-state index contributed by atoms with van der Waals surface area (Å²) in [6.45, 7) is 0. The Bertz CT molecular complexity index is 277. The van der Waals surface area contributed by atoms with E-state index in [4.69, 9.17) is 14.8 Å². The summed E-state index contributed by atoms with van der Waals surface area (Å²) in [5.41, 5.74) is 1.37. The molecule has 0 aliphatic heterocycles. The first kappa shape index (κ1) is 9.19. The van der Waals surface area contributed by atoms with Gasteiger partial charge in [-0.2, -0.15) is 0 Å². The van der Waals surface area contributed by atoms with Crippen molar-refractivity contribution in [3.63, 3.8) is 0 Å². The van der Waals surface area contributed by atoms with E-state index in [-0.39, 0.29) is 0 Å². The van der Waals surface area contributed by atoms with Gasteiger partial charge in [0.05, 0.1) is 0 Å². The largest absolute Gasteiger partial charge is 0.492 e. The first-order chi connectivity index (χ1) is 5.75. The lowest BCUT2D eigenvalue weighted by Gasteiger charge is -2.05. The van der Waals surface area contributed by atoms with Crippen LogP contribution in [0, 0.1) is 0 Å². The minimum absolute atomic E-state index is 0.304. The van der Waals surface area contributed by atoms with Gasteiger partial charge < -0.3 is 14.8 Å². The summed E-state index contributed by atoms with van der Waals surface area (Å²) in [5.74, 6) is 0.363. The Morgan fingerprint density at radius 3 is 2.58 bits per heavy atom. The predicted molar refractivity (Wildman–Crippen MR) is 50.6 cm³/mol. The Labute approximate surface area is 75.7 Å². The monoisotopic (exact) mass is 182 g/mol. The summed E-state index contributed by atoms with van der Waals surface area (Å²) >= 11 is 4.47. The average Bonchev–Trinajstić information content (AvgIpc) is 2.05. The van der Waals surface area contributed by atoms with Crippen LogP contribution in [0.25, 0.3) is 0 Å². The predicted octanol–water partition coefficient (Wildman–Crippen LogP) is -0.298. The van der Waals surface area contributed by atoms with Gasteiger partial charge in [-0.3, -0.25) is 0 Å². The highest BCUT2D eigenvalue weighted by atomic mass is 32.1. The fourth-order valence-electron chi connectivity index (χ4n) is 0.853. The van der Waals surface area contributed by atoms with E-state index in [1.807, 2.05) is 0 Å². The molecule has 5 heteroatoms. The van der Waals surface area contributed by atoms with Crippen molar-refractivity contribution in [1.82, 2.24) is 0 Å². The van der Waals surface area contributed by atoms with Crippen molar-refractivity contribution in [2.24, 2.45) is 0 Å². The molecule has 0 bridgehead atoms. The van der Waals surface area contributed by atoms with E-state index in [1.54, 1.807) is 24.3 Å². The summed E-state index contributed by atoms with van der Waals surface area (Å²) in [7, 11) is -1.53. The SMILES string of the molecule is OB(O)c1ccccc1OC=S. The molecule has 12 heavy (non-hydrogen) atoms. The quantitative estimate of drug-likeness (QED) is 0.497. The molecule has 0 heterocycles. The fraction of sp³-hybridized carbons (Fsp3) is 0. The van der Waals surface area contributed by atoms with E-state index in [9.17, 15) is 0 Å². The van der Waals surface area contributed by atoms with Gasteiger partial charge in [0.15, 0.2) is 5.55 Å². The Morgan fingerprint density at radius 1 is 1.33 bits per heavy atom. The van der Waals surface area contributed by atoms with Crippen LogP contribution in [0.5, 0.6) is 5.75 Å². The summed E-state index contributed by atoms with van der Waals surface area (Å²) < 4.78 is 4.87. The Morgan fingerprint density at radius 2 is 2.00 bits per heavy atom. The van der Waals surface area contributed by atoms with Crippen LogP contribution in [0.3, 0.4) is 0 Å². The molecule has 0 saturated carbocycles. The number of benzene rings is 1. The van der Waals surface area contributed by atoms with Gasteiger partial charge in [0.2, 0.25) is 0 Å². The highest BCUT2D eigenvalue weighted by Gasteiger charge is 2.15. The number of thiocarbonyl (C=S) groups is 1. The Balaban J connectivity index is 2.99. The van der Waals surface area contributed by atoms with Gasteiger partial charge in [0.25, 0.3) is 0 Å². The number of ether oxygens (including phenoxy) is 1. The molecular formula is C7H7BO3S. The molecular weight excluding hydrogens is 175 g/mol. The Kier molecular flexibility index (Phi) is 3.22. The third-order valence-electron chi connectivity index (χ3n) is 1.37. The number of rotatable bonds is 3. The number of hydrogen-bond donors (Lipinski definition) is 2. The zero-order chi connectivity index (χ0) is 8.97. The maximum absolute atomic E-state index is 8.86. The fourth-order valence-corrected chi connectivity index (χ4v) is 0.957. The molecule has 62 valence electrons. The van der Waals surface area contributed by atoms with Gasteiger partial charge in [0, 0.05) is 5.46 Å². The molecule has 1 aromatic carbocycles. The summed E-state index contributed by atoms with van der Waals surface area (Å²) in [5, 5.41) is 17.7. The maximum Gasteiger partial charge on any atom is 0.492 e. The smallest absolute Gasteiger partial charge is 0.454 e. The second kappa shape index (κ2) is 4.20. The molecule has 0 amide bonds. The van der Waals surface area contributed by atoms with Crippen LogP contribution < -0.4 is 10.2 Å². The lowest BCUT2D eigenvalue weighted by Crippen LogP contribution is -2.31. The van der Waals surface area contributed by atoms with E-state index in [0.717, 1.165) is 5.55 Å². The molecule has 0 fully saturated rings. The first-order valence-corrected chi connectivity index (χ1v) is 3.78. The van der Waals surface area contributed by atoms with Crippen molar-refractivity contribution in [2.45, 2.75) is 0 Å². The Hall–Kier alpha value is -0.905. The van der Waals surface area contributed by atoms with E-state index in [1.165, 1.54) is 0 Å². The first-order valence-electron chi connectivity index (χ1n) is 3.31. The van der Waals surface area contributed by atoms with Gasteiger partial charge in [-0.25, -0.2) is 0 Å². The van der Waals surface area contributed by atoms with Crippen LogP contribution in [0.2, 0.25) is 0 Å². The van der Waals surface area contributed by atoms with Gasteiger partial charge in [-0.15, -0.1) is 0 Å². The molecule has 2 N–H and O–H groups in total. The van der Waals surface area contributed by atoms with Crippen molar-refractivity contribution < 1.29 is 14.8 Å². The third kappa shape index (κ3) is 2.04. The standard InChI is InChI=1S/C7H7BO3S/c9-8(10)6-3-1-2-4-7(6)11-5-12/h1-5,9-10H. The van der Waals surface area contributed by atoms with Crippen molar-refractivity contribution >= 4 is 30.4 Å². The molecule has 0 radical (unpaired) electrons. The molecule has 0 aliphatic rings. The van der Waals surface area contributed by atoms with Crippen LogP contribution in [-0.4, -0.2) is 22.7 Å². The van der Waals surface area contributed by atoms with Crippen LogP contribution >= 0.6 is 12.2 Å². The second-order valence-corrected chi connectivity index (χ2v) is 2.32. The summed E-state index contributed by atoms with van der Waals surface area (Å²) in [6.07, 6.45) is 0. The molecule has 0 spiro atoms. The van der Waals surface area contributed by atoms with Gasteiger partial charge >= 0.3 is 7.12 Å². The van der Waals surface area contributed by atoms with Crippen molar-refractivity contribution in [2.75, 3.05) is 0 Å². The van der Waals surface area contributed by atoms with E-state index >= 15 is 0 Å². The topological polar surface area (TPSA) is 49.7 Å². The van der Waals surface area contributed by atoms with Crippen LogP contribution in [0.4, 0.5) is 0 Å². The summed E-state index contributed by atoms with van der Waals surface area (Å²) in [6, 6.07) is 6.57. The van der Waals surface area contributed by atoms with E-state index in [0.29, 0.717) is 11.2 Å². The lowest BCUT2D eigenvalue weighted by molar-refractivity contribution is 0.424. The van der Waals surface area contributed by atoms with Gasteiger partial charge in [0.1, 0.15) is 5.75 Å². The highest BCUT2D eigenvalue weighted by molar-refractivity contribution is 7.78. The van der Waals surface area contributed by atoms with E-state index < -0.39 is 7.12 Å². The number of hydrogen-bond acceptors (Lipinski definition) is 4. The molecule has 0 aliphatic carbocycles.